The number of hydrogen-bond donors (Lipinski definition) is 1. The van der Waals surface area contributed by atoms with Crippen LogP contribution in [0.4, 0.5) is 5.69 Å². The zero-order valence-corrected chi connectivity index (χ0v) is 18.6. The minimum Gasteiger partial charge on any atom is -0.492 e. The van der Waals surface area contributed by atoms with Gasteiger partial charge in [0.2, 0.25) is 0 Å². The van der Waals surface area contributed by atoms with Crippen molar-refractivity contribution in [3.05, 3.63) is 24.3 Å². The summed E-state index contributed by atoms with van der Waals surface area (Å²) in [4.78, 5) is 18.5. The average Bonchev–Trinajstić information content (AvgIpc) is 3.08. The molecule has 0 saturated carbocycles. The van der Waals surface area contributed by atoms with Crippen molar-refractivity contribution in [3.63, 3.8) is 0 Å². The lowest BCUT2D eigenvalue weighted by Crippen LogP contribution is -3.19. The second-order valence-corrected chi connectivity index (χ2v) is 10.2. The third kappa shape index (κ3) is 5.04. The van der Waals surface area contributed by atoms with Crippen LogP contribution in [0, 0.1) is 0 Å². The number of benzene rings is 1. The normalized spacial score (nSPS) is 23.0. The highest BCUT2D eigenvalue weighted by molar-refractivity contribution is 7.91. The summed E-state index contributed by atoms with van der Waals surface area (Å²) in [5.74, 6) is 1.28. The Morgan fingerprint density at radius 1 is 1.28 bits per heavy atom. The van der Waals surface area contributed by atoms with Crippen molar-refractivity contribution in [1.82, 2.24) is 4.90 Å². The lowest BCUT2D eigenvalue weighted by Gasteiger charge is -2.38. The molecule has 0 bridgehead atoms. The van der Waals surface area contributed by atoms with Gasteiger partial charge in [-0.05, 0) is 39.3 Å². The number of carbonyl (C=O) groups is 1. The molecule has 2 heterocycles. The number of piperazine rings is 1. The molecule has 0 spiro atoms. The number of hydrogen-bond acceptors (Lipinski definition) is 5. The third-order valence-corrected chi connectivity index (χ3v) is 7.92. The van der Waals surface area contributed by atoms with Crippen molar-refractivity contribution in [2.45, 2.75) is 39.3 Å². The molecule has 0 aliphatic carbocycles. The highest BCUT2D eigenvalue weighted by Gasteiger charge is 2.38. The Kier molecular flexibility index (Phi) is 7.05. The standard InChI is InChI=1S/C21H33N3O4S/c1-4-24(18-10-15-29(26,27)16-18)21(25)17(3)22-11-13-23(14-12-22)19-8-6-7-9-20(19)28-5-2/h6-9,17-18H,4-5,10-16H2,1-3H3/p+1/t17-,18+/m1/s1. The van der Waals surface area contributed by atoms with Crippen LogP contribution in [-0.2, 0) is 14.6 Å². The maximum atomic E-state index is 13.1. The molecule has 2 atom stereocenters. The maximum Gasteiger partial charge on any atom is 0.280 e. The number of rotatable bonds is 7. The van der Waals surface area contributed by atoms with Gasteiger partial charge < -0.3 is 19.4 Å². The zero-order chi connectivity index (χ0) is 21.0. The van der Waals surface area contributed by atoms with Crippen molar-refractivity contribution >= 4 is 21.4 Å². The van der Waals surface area contributed by atoms with E-state index >= 15 is 0 Å². The van der Waals surface area contributed by atoms with Crippen molar-refractivity contribution in [2.75, 3.05) is 55.7 Å². The number of nitrogens with one attached hydrogen (secondary N) is 1. The van der Waals surface area contributed by atoms with Crippen LogP contribution in [0.15, 0.2) is 24.3 Å². The lowest BCUT2D eigenvalue weighted by molar-refractivity contribution is -0.915. The van der Waals surface area contributed by atoms with Gasteiger partial charge in [0.05, 0.1) is 50.0 Å². The van der Waals surface area contributed by atoms with E-state index in [0.29, 0.717) is 19.6 Å². The number of nitrogens with zero attached hydrogens (tertiary/aromatic N) is 2. The van der Waals surface area contributed by atoms with Crippen LogP contribution in [0.5, 0.6) is 5.75 Å². The Morgan fingerprint density at radius 3 is 2.55 bits per heavy atom. The molecular weight excluding hydrogens is 390 g/mol. The van der Waals surface area contributed by atoms with E-state index in [4.69, 9.17) is 4.74 Å². The minimum atomic E-state index is -3.00. The number of quaternary nitrogens is 1. The van der Waals surface area contributed by atoms with Crippen LogP contribution >= 0.6 is 0 Å². The lowest BCUT2D eigenvalue weighted by atomic mass is 10.1. The number of para-hydroxylation sites is 2. The number of ether oxygens (including phenoxy) is 1. The Balaban J connectivity index is 1.61. The van der Waals surface area contributed by atoms with Gasteiger partial charge in [-0.3, -0.25) is 4.79 Å². The number of likely N-dealkylation sites (N-methyl/N-ethyl adjacent to an activating group) is 1. The summed E-state index contributed by atoms with van der Waals surface area (Å²) in [6.45, 7) is 10.6. The Bertz CT molecular complexity index is 806. The van der Waals surface area contributed by atoms with Gasteiger partial charge in [-0.1, -0.05) is 12.1 Å². The summed E-state index contributed by atoms with van der Waals surface area (Å²) in [6, 6.07) is 7.77. The maximum absolute atomic E-state index is 13.1. The van der Waals surface area contributed by atoms with Gasteiger partial charge in [0.25, 0.3) is 5.91 Å². The molecule has 162 valence electrons. The fourth-order valence-electron chi connectivity index (χ4n) is 4.50. The van der Waals surface area contributed by atoms with Crippen molar-refractivity contribution < 1.29 is 22.8 Å². The number of amides is 1. The molecule has 2 fully saturated rings. The summed E-state index contributed by atoms with van der Waals surface area (Å²) in [5.41, 5.74) is 1.11. The van der Waals surface area contributed by atoms with Crippen LogP contribution in [0.1, 0.15) is 27.2 Å². The highest BCUT2D eigenvalue weighted by atomic mass is 32.2. The second kappa shape index (κ2) is 9.34. The van der Waals surface area contributed by atoms with Crippen LogP contribution in [0.3, 0.4) is 0 Å². The minimum absolute atomic E-state index is 0.0766. The summed E-state index contributed by atoms with van der Waals surface area (Å²) in [5, 5.41) is 0. The van der Waals surface area contributed by atoms with Crippen LogP contribution in [0.25, 0.3) is 0 Å². The fraction of sp³-hybridized carbons (Fsp3) is 0.667. The first kappa shape index (κ1) is 21.9. The SMILES string of the molecule is CCOc1ccccc1N1CC[NH+]([C@H](C)C(=O)N(CC)[C@H]2CCS(=O)(=O)C2)CC1. The van der Waals surface area contributed by atoms with Gasteiger partial charge in [-0.15, -0.1) is 0 Å². The predicted octanol–water partition coefficient (Wildman–Crippen LogP) is 0.214. The van der Waals surface area contributed by atoms with E-state index in [0.717, 1.165) is 37.6 Å². The van der Waals surface area contributed by atoms with E-state index in [1.165, 1.54) is 4.90 Å². The van der Waals surface area contributed by atoms with Gasteiger partial charge in [0, 0.05) is 12.6 Å². The molecule has 2 aliphatic rings. The number of carbonyl (C=O) groups excluding carboxylic acids is 1. The van der Waals surface area contributed by atoms with E-state index < -0.39 is 9.84 Å². The molecular formula is C21H34N3O4S+. The van der Waals surface area contributed by atoms with E-state index in [2.05, 4.69) is 11.0 Å². The molecule has 0 aromatic heterocycles. The fourth-order valence-corrected chi connectivity index (χ4v) is 6.23. The molecule has 7 nitrogen and oxygen atoms in total. The molecule has 1 N–H and O–H groups in total. The van der Waals surface area contributed by atoms with Crippen LogP contribution < -0.4 is 14.5 Å². The summed E-state index contributed by atoms with van der Waals surface area (Å²) >= 11 is 0. The van der Waals surface area contributed by atoms with E-state index in [1.807, 2.05) is 39.0 Å². The second-order valence-electron chi connectivity index (χ2n) is 7.95. The molecule has 2 aliphatic heterocycles. The molecule has 0 radical (unpaired) electrons. The Hall–Kier alpha value is -1.80. The van der Waals surface area contributed by atoms with Crippen molar-refractivity contribution in [2.24, 2.45) is 0 Å². The third-order valence-electron chi connectivity index (χ3n) is 6.17. The smallest absolute Gasteiger partial charge is 0.280 e. The van der Waals surface area contributed by atoms with Crippen molar-refractivity contribution in [1.29, 1.82) is 0 Å². The van der Waals surface area contributed by atoms with Gasteiger partial charge in [-0.2, -0.15) is 0 Å². The van der Waals surface area contributed by atoms with Crippen LogP contribution in [0.2, 0.25) is 0 Å². The van der Waals surface area contributed by atoms with Gasteiger partial charge >= 0.3 is 0 Å². The topological polar surface area (TPSA) is 71.4 Å². The Labute approximate surface area is 174 Å². The van der Waals surface area contributed by atoms with Crippen molar-refractivity contribution in [3.8, 4) is 5.75 Å². The molecule has 1 amide bonds. The molecule has 1 aromatic carbocycles. The first-order valence-corrected chi connectivity index (χ1v) is 12.5. The van der Waals surface area contributed by atoms with Gasteiger partial charge in [-0.25, -0.2) is 8.42 Å². The molecule has 2 saturated heterocycles. The van der Waals surface area contributed by atoms with E-state index in [9.17, 15) is 13.2 Å². The van der Waals surface area contributed by atoms with E-state index in [-0.39, 0.29) is 29.5 Å². The summed E-state index contributed by atoms with van der Waals surface area (Å²) < 4.78 is 29.4. The largest absolute Gasteiger partial charge is 0.492 e. The molecule has 29 heavy (non-hydrogen) atoms. The number of anilines is 1. The molecule has 1 aromatic rings. The Morgan fingerprint density at radius 2 is 1.97 bits per heavy atom. The predicted molar refractivity (Wildman–Crippen MR) is 114 cm³/mol. The average molecular weight is 425 g/mol. The summed E-state index contributed by atoms with van der Waals surface area (Å²) in [7, 11) is -3.00. The molecule has 3 rings (SSSR count). The first-order chi connectivity index (χ1) is 13.9. The quantitative estimate of drug-likeness (QED) is 0.678. The molecule has 0 unspecified atom stereocenters. The zero-order valence-electron chi connectivity index (χ0n) is 17.8. The van der Waals surface area contributed by atoms with Gasteiger partial charge in [0.1, 0.15) is 5.75 Å². The molecule has 8 heteroatoms. The number of sulfone groups is 1. The van der Waals surface area contributed by atoms with E-state index in [1.54, 1.807) is 4.90 Å². The monoisotopic (exact) mass is 424 g/mol. The van der Waals surface area contributed by atoms with Crippen LogP contribution in [-0.4, -0.2) is 82.1 Å². The highest BCUT2D eigenvalue weighted by Crippen LogP contribution is 2.27. The van der Waals surface area contributed by atoms with Gasteiger partial charge in [0.15, 0.2) is 15.9 Å². The first-order valence-electron chi connectivity index (χ1n) is 10.7. The summed E-state index contributed by atoms with van der Waals surface area (Å²) in [6.07, 6.45) is 0.561.